The SMILES string of the molecule is COc1nc(Br)cn2cc(C)nc12.COc1nc(Br)cnc1N.COc1nc(N)cn2cc(C)nc12.COc1nc(NC(C)=O)cn2cc(C)nc12. The Kier molecular flexibility index (Phi) is 13.0. The molecule has 0 spiro atoms. The second-order valence-corrected chi connectivity index (χ2v) is 12.1. The highest BCUT2D eigenvalue weighted by Gasteiger charge is 2.11. The molecule has 0 saturated carbocycles. The number of hydrogen-bond acceptors (Lipinski definition) is 15. The Morgan fingerprint density at radius 3 is 1.54 bits per heavy atom. The number of imidazole rings is 3. The van der Waals surface area contributed by atoms with Gasteiger partial charge in [-0.15, -0.1) is 0 Å². The third-order valence-corrected chi connectivity index (χ3v) is 7.15. The first kappa shape index (κ1) is 39.0. The number of nitrogens with two attached hydrogens (primary N) is 2. The third-order valence-electron chi connectivity index (χ3n) is 6.39. The largest absolute Gasteiger partial charge is 0.478 e. The molecule has 0 aromatic carbocycles. The number of nitrogen functional groups attached to an aromatic ring is 2. The molecule has 7 aromatic heterocycles. The van der Waals surface area contributed by atoms with Gasteiger partial charge in [-0.1, -0.05) is 0 Å². The van der Waals surface area contributed by atoms with Gasteiger partial charge in [-0.3, -0.25) is 18.0 Å². The lowest BCUT2D eigenvalue weighted by Crippen LogP contribution is -2.09. The van der Waals surface area contributed by atoms with Gasteiger partial charge in [0.2, 0.25) is 22.8 Å². The van der Waals surface area contributed by atoms with Crippen molar-refractivity contribution in [2.45, 2.75) is 27.7 Å². The number of fused-ring (bicyclic) bond motifs is 3. The summed E-state index contributed by atoms with van der Waals surface area (Å²) >= 11 is 6.42. The summed E-state index contributed by atoms with van der Waals surface area (Å²) in [7, 11) is 6.14. The van der Waals surface area contributed by atoms with Crippen molar-refractivity contribution < 1.29 is 23.7 Å². The summed E-state index contributed by atoms with van der Waals surface area (Å²) < 4.78 is 26.9. The summed E-state index contributed by atoms with van der Waals surface area (Å²) in [4.78, 5) is 43.7. The number of hydrogen-bond donors (Lipinski definition) is 3. The van der Waals surface area contributed by atoms with Crippen LogP contribution in [0.15, 0.2) is 52.6 Å². The number of nitrogens with zero attached hydrogens (tertiary/aromatic N) is 11. The molecule has 0 atom stereocenters. The predicted octanol–water partition coefficient (Wildman–Crippen LogP) is 4.27. The Hall–Kier alpha value is -5.83. The molecule has 52 heavy (non-hydrogen) atoms. The molecule has 5 N–H and O–H groups in total. The maximum Gasteiger partial charge on any atom is 0.260 e. The van der Waals surface area contributed by atoms with E-state index in [1.54, 1.807) is 35.4 Å². The van der Waals surface area contributed by atoms with E-state index < -0.39 is 0 Å². The summed E-state index contributed by atoms with van der Waals surface area (Å²) in [6.45, 7) is 7.14. The van der Waals surface area contributed by atoms with Gasteiger partial charge in [0.05, 0.1) is 64.1 Å². The van der Waals surface area contributed by atoms with Gasteiger partial charge in [0.25, 0.3) is 23.5 Å². The number of nitrogens with one attached hydrogen (secondary N) is 1. The van der Waals surface area contributed by atoms with E-state index in [2.05, 4.69) is 77.0 Å². The zero-order valence-electron chi connectivity index (χ0n) is 29.4. The lowest BCUT2D eigenvalue weighted by atomic mass is 10.5. The van der Waals surface area contributed by atoms with Crippen LogP contribution in [-0.2, 0) is 4.79 Å². The second kappa shape index (κ2) is 17.4. The number of halogens is 2. The molecule has 7 rings (SSSR count). The maximum atomic E-state index is 10.9. The Morgan fingerprint density at radius 2 is 1.06 bits per heavy atom. The fraction of sp³-hybridized carbons (Fsp3) is 0.258. The number of carbonyl (C=O) groups excluding carboxylic acids is 1. The van der Waals surface area contributed by atoms with E-state index in [0.29, 0.717) is 56.9 Å². The van der Waals surface area contributed by atoms with Crippen LogP contribution in [0, 0.1) is 20.8 Å². The molecular weight excluding hydrogens is 808 g/mol. The normalized spacial score (nSPS) is 10.3. The fourth-order valence-electron chi connectivity index (χ4n) is 4.43. The molecule has 0 aliphatic rings. The minimum absolute atomic E-state index is 0.175. The van der Waals surface area contributed by atoms with Crippen LogP contribution in [0.2, 0.25) is 0 Å². The molecule has 0 fully saturated rings. The number of aromatic nitrogens is 11. The highest BCUT2D eigenvalue weighted by Crippen LogP contribution is 2.21. The lowest BCUT2D eigenvalue weighted by molar-refractivity contribution is -0.114. The molecule has 0 radical (unpaired) electrons. The van der Waals surface area contributed by atoms with Gasteiger partial charge in [0.15, 0.2) is 11.6 Å². The van der Waals surface area contributed by atoms with Gasteiger partial charge in [-0.25, -0.2) is 29.9 Å². The summed E-state index contributed by atoms with van der Waals surface area (Å²) in [6.07, 6.45) is 12.4. The predicted molar refractivity (Wildman–Crippen MR) is 200 cm³/mol. The van der Waals surface area contributed by atoms with Crippen LogP contribution in [0.1, 0.15) is 24.0 Å². The van der Waals surface area contributed by atoms with Crippen LogP contribution in [0.3, 0.4) is 0 Å². The molecule has 0 bridgehead atoms. The molecule has 7 heterocycles. The molecular formula is C31H36Br2N14O5. The van der Waals surface area contributed by atoms with Gasteiger partial charge in [-0.05, 0) is 52.6 Å². The number of ether oxygens (including phenoxy) is 4. The summed E-state index contributed by atoms with van der Waals surface area (Å²) in [5.41, 5.74) is 15.7. The summed E-state index contributed by atoms with van der Waals surface area (Å²) in [6, 6.07) is 0. The van der Waals surface area contributed by atoms with Crippen molar-refractivity contribution in [2.75, 3.05) is 45.2 Å². The molecule has 0 aliphatic carbocycles. The van der Waals surface area contributed by atoms with E-state index in [-0.39, 0.29) is 5.91 Å². The molecule has 21 heteroatoms. The molecule has 274 valence electrons. The molecule has 1 amide bonds. The summed E-state index contributed by atoms with van der Waals surface area (Å²) in [5, 5.41) is 2.60. The molecule has 0 aliphatic heterocycles. The van der Waals surface area contributed by atoms with Crippen LogP contribution in [0.5, 0.6) is 23.5 Å². The van der Waals surface area contributed by atoms with E-state index in [1.165, 1.54) is 27.3 Å². The fourth-order valence-corrected chi connectivity index (χ4v) is 5.08. The Bertz CT molecular complexity index is 2240. The quantitative estimate of drug-likeness (QED) is 0.220. The first-order valence-corrected chi connectivity index (χ1v) is 16.5. The van der Waals surface area contributed by atoms with Crippen molar-refractivity contribution in [1.82, 2.24) is 53.1 Å². The second-order valence-electron chi connectivity index (χ2n) is 10.5. The first-order chi connectivity index (χ1) is 24.7. The van der Waals surface area contributed by atoms with Crippen LogP contribution < -0.4 is 35.7 Å². The third kappa shape index (κ3) is 9.90. The number of amides is 1. The molecule has 7 aromatic rings. The Balaban J connectivity index is 0.000000157. The van der Waals surface area contributed by atoms with E-state index in [9.17, 15) is 4.79 Å². The zero-order valence-corrected chi connectivity index (χ0v) is 32.6. The topological polar surface area (TPSA) is 234 Å². The zero-order chi connectivity index (χ0) is 38.1. The van der Waals surface area contributed by atoms with Crippen LogP contribution >= 0.6 is 31.9 Å². The number of anilines is 3. The monoisotopic (exact) mass is 842 g/mol. The Labute approximate surface area is 314 Å². The van der Waals surface area contributed by atoms with E-state index in [4.69, 9.17) is 30.4 Å². The highest BCUT2D eigenvalue weighted by atomic mass is 79.9. The van der Waals surface area contributed by atoms with Gasteiger partial charge < -0.3 is 35.7 Å². The maximum absolute atomic E-state index is 10.9. The van der Waals surface area contributed by atoms with Crippen molar-refractivity contribution in [3.05, 3.63) is 69.7 Å². The number of carbonyl (C=O) groups is 1. The highest BCUT2D eigenvalue weighted by molar-refractivity contribution is 9.10. The number of aryl methyl sites for hydroxylation is 3. The average molecular weight is 845 g/mol. The van der Waals surface area contributed by atoms with Crippen molar-refractivity contribution in [3.8, 4) is 23.5 Å². The first-order valence-electron chi connectivity index (χ1n) is 15.0. The lowest BCUT2D eigenvalue weighted by Gasteiger charge is -2.05. The molecule has 0 unspecified atom stereocenters. The molecule has 19 nitrogen and oxygen atoms in total. The number of methoxy groups -OCH3 is 4. The van der Waals surface area contributed by atoms with E-state index in [0.717, 1.165) is 27.3 Å². The van der Waals surface area contributed by atoms with Crippen molar-refractivity contribution in [1.29, 1.82) is 0 Å². The Morgan fingerprint density at radius 1 is 0.615 bits per heavy atom. The van der Waals surface area contributed by atoms with Gasteiger partial charge >= 0.3 is 0 Å². The van der Waals surface area contributed by atoms with Crippen LogP contribution in [-0.4, -0.2) is 87.4 Å². The minimum atomic E-state index is -0.175. The average Bonchev–Trinajstić information content (AvgIpc) is 3.79. The van der Waals surface area contributed by atoms with Crippen molar-refractivity contribution in [2.24, 2.45) is 0 Å². The van der Waals surface area contributed by atoms with Crippen LogP contribution in [0.25, 0.3) is 16.9 Å². The minimum Gasteiger partial charge on any atom is -0.478 e. The number of rotatable bonds is 5. The summed E-state index contributed by atoms with van der Waals surface area (Å²) in [5.74, 6) is 2.69. The van der Waals surface area contributed by atoms with Gasteiger partial charge in [-0.2, -0.15) is 9.97 Å². The smallest absolute Gasteiger partial charge is 0.260 e. The van der Waals surface area contributed by atoms with Gasteiger partial charge in [0, 0.05) is 31.7 Å². The van der Waals surface area contributed by atoms with Crippen molar-refractivity contribution in [3.63, 3.8) is 0 Å². The van der Waals surface area contributed by atoms with Crippen LogP contribution in [0.4, 0.5) is 17.5 Å². The van der Waals surface area contributed by atoms with Crippen molar-refractivity contribution >= 4 is 72.2 Å². The van der Waals surface area contributed by atoms with E-state index in [1.807, 2.05) is 50.0 Å². The standard InChI is InChI=1S/C10H12N4O2.C8H8BrN3O.C8H10N4O.C5H6BrN3O/c1-6-4-14-5-8(12-7(2)15)13-10(16-3)9(14)11-6;2*1-5-3-12-4-6(9)11-8(13-2)7(12)10-5;1-10-5-4(7)8-2-3(6)9-5/h4-5H,1-3H3,(H,12,15);3-4H,1-2H3;3-4H,9H2,1-2H3;2H,1H3,(H2,7,8). The molecule has 0 saturated heterocycles. The van der Waals surface area contributed by atoms with E-state index >= 15 is 0 Å². The van der Waals surface area contributed by atoms with Gasteiger partial charge in [0.1, 0.15) is 15.0 Å².